The van der Waals surface area contributed by atoms with Gasteiger partial charge < -0.3 is 15.1 Å². The third kappa shape index (κ3) is 3.75. The average Bonchev–Trinajstić information content (AvgIpc) is 2.59. The van der Waals surface area contributed by atoms with Crippen LogP contribution in [0.25, 0.3) is 0 Å². The van der Waals surface area contributed by atoms with Gasteiger partial charge in [-0.15, -0.1) is 6.58 Å². The van der Waals surface area contributed by atoms with E-state index < -0.39 is 5.41 Å². The van der Waals surface area contributed by atoms with Gasteiger partial charge in [0.25, 0.3) is 0 Å². The summed E-state index contributed by atoms with van der Waals surface area (Å²) in [6.45, 7) is 9.13. The maximum atomic E-state index is 13.9. The van der Waals surface area contributed by atoms with Crippen LogP contribution in [0.5, 0.6) is 0 Å². The minimum atomic E-state index is -1.14. The van der Waals surface area contributed by atoms with Gasteiger partial charge in [-0.05, 0) is 26.0 Å². The molecule has 0 unspecified atom stereocenters. The molecule has 0 atom stereocenters. The highest BCUT2D eigenvalue weighted by Gasteiger charge is 2.39. The Kier molecular flexibility index (Phi) is 5.59. The van der Waals surface area contributed by atoms with Crippen LogP contribution in [-0.4, -0.2) is 49.4 Å². The average molecular weight is 333 g/mol. The molecule has 1 N–H and O–H groups in total. The Hall–Kier alpha value is -2.37. The molecule has 1 aromatic rings. The highest BCUT2D eigenvalue weighted by Crippen LogP contribution is 2.23. The van der Waals surface area contributed by atoms with Gasteiger partial charge in [0, 0.05) is 32.7 Å². The molecule has 0 saturated carbocycles. The van der Waals surface area contributed by atoms with E-state index in [1.165, 1.54) is 6.07 Å². The molecular weight excluding hydrogens is 309 g/mol. The summed E-state index contributed by atoms with van der Waals surface area (Å²) in [5, 5.41) is 2.67. The summed E-state index contributed by atoms with van der Waals surface area (Å²) >= 11 is 0. The summed E-state index contributed by atoms with van der Waals surface area (Å²) < 4.78 is 13.9. The van der Waals surface area contributed by atoms with Crippen molar-refractivity contribution >= 4 is 17.5 Å². The number of hydrogen-bond donors (Lipinski definition) is 1. The Morgan fingerprint density at radius 1 is 1.25 bits per heavy atom. The predicted octanol–water partition coefficient (Wildman–Crippen LogP) is 1.80. The van der Waals surface area contributed by atoms with Crippen molar-refractivity contribution in [1.82, 2.24) is 10.2 Å². The molecule has 1 saturated heterocycles. The fourth-order valence-corrected chi connectivity index (χ4v) is 2.74. The molecule has 1 heterocycles. The van der Waals surface area contributed by atoms with Crippen molar-refractivity contribution in [1.29, 1.82) is 0 Å². The van der Waals surface area contributed by atoms with Gasteiger partial charge in [0.15, 0.2) is 0 Å². The van der Waals surface area contributed by atoms with Crippen molar-refractivity contribution < 1.29 is 14.0 Å². The molecule has 130 valence electrons. The molecular formula is C18H24FN3O2. The number of piperazine rings is 1. The molecule has 0 aliphatic carbocycles. The van der Waals surface area contributed by atoms with Gasteiger partial charge in [-0.3, -0.25) is 9.59 Å². The van der Waals surface area contributed by atoms with E-state index in [0.29, 0.717) is 38.4 Å². The van der Waals surface area contributed by atoms with Crippen LogP contribution in [0.3, 0.4) is 0 Å². The minimum Gasteiger partial charge on any atom is -0.366 e. The third-order valence-corrected chi connectivity index (χ3v) is 4.27. The van der Waals surface area contributed by atoms with Crippen molar-refractivity contribution in [3.8, 4) is 0 Å². The van der Waals surface area contributed by atoms with Crippen molar-refractivity contribution in [2.45, 2.75) is 13.8 Å². The smallest absolute Gasteiger partial charge is 0.237 e. The van der Waals surface area contributed by atoms with Crippen molar-refractivity contribution in [3.05, 3.63) is 42.7 Å². The summed E-state index contributed by atoms with van der Waals surface area (Å²) in [4.78, 5) is 28.4. The zero-order valence-electron chi connectivity index (χ0n) is 14.2. The summed E-state index contributed by atoms with van der Waals surface area (Å²) in [7, 11) is 0. The quantitative estimate of drug-likeness (QED) is 0.660. The molecule has 1 aliphatic heterocycles. The van der Waals surface area contributed by atoms with Gasteiger partial charge in [0.05, 0.1) is 5.69 Å². The summed E-state index contributed by atoms with van der Waals surface area (Å²) in [6.07, 6.45) is 1.58. The highest BCUT2D eigenvalue weighted by molar-refractivity contribution is 6.04. The van der Waals surface area contributed by atoms with E-state index in [2.05, 4.69) is 11.9 Å². The van der Waals surface area contributed by atoms with Crippen LogP contribution in [0.15, 0.2) is 36.9 Å². The molecule has 1 fully saturated rings. The first-order valence-electron chi connectivity index (χ1n) is 8.06. The van der Waals surface area contributed by atoms with E-state index in [1.807, 2.05) is 4.90 Å². The number of nitrogens with one attached hydrogen (secondary N) is 1. The molecule has 2 amide bonds. The number of benzene rings is 1. The second-order valence-corrected chi connectivity index (χ2v) is 6.35. The van der Waals surface area contributed by atoms with Gasteiger partial charge in [-0.1, -0.05) is 18.2 Å². The molecule has 24 heavy (non-hydrogen) atoms. The molecule has 5 nitrogen and oxygen atoms in total. The van der Waals surface area contributed by atoms with Crippen LogP contribution in [0.1, 0.15) is 13.8 Å². The number of halogens is 1. The van der Waals surface area contributed by atoms with E-state index >= 15 is 0 Å². The van der Waals surface area contributed by atoms with E-state index in [-0.39, 0.29) is 17.6 Å². The summed E-state index contributed by atoms with van der Waals surface area (Å²) in [5.41, 5.74) is -0.587. The fraction of sp³-hybridized carbons (Fsp3) is 0.444. The van der Waals surface area contributed by atoms with Crippen LogP contribution in [-0.2, 0) is 9.59 Å². The second-order valence-electron chi connectivity index (χ2n) is 6.35. The highest BCUT2D eigenvalue weighted by atomic mass is 19.1. The number of para-hydroxylation sites is 1. The van der Waals surface area contributed by atoms with Crippen LogP contribution >= 0.6 is 0 Å². The van der Waals surface area contributed by atoms with Crippen molar-refractivity contribution in [2.75, 3.05) is 37.6 Å². The van der Waals surface area contributed by atoms with Crippen LogP contribution < -0.4 is 10.2 Å². The molecule has 0 radical (unpaired) electrons. The summed E-state index contributed by atoms with van der Waals surface area (Å²) in [6, 6.07) is 6.62. The molecule has 6 heteroatoms. The molecule has 0 aromatic heterocycles. The number of hydrogen-bond acceptors (Lipinski definition) is 3. The normalized spacial score (nSPS) is 15.1. The lowest BCUT2D eigenvalue weighted by Gasteiger charge is -2.39. The third-order valence-electron chi connectivity index (χ3n) is 4.27. The Labute approximate surface area is 142 Å². The zero-order valence-corrected chi connectivity index (χ0v) is 14.2. The van der Waals surface area contributed by atoms with Crippen LogP contribution in [0.4, 0.5) is 10.1 Å². The Morgan fingerprint density at radius 2 is 1.88 bits per heavy atom. The van der Waals surface area contributed by atoms with Gasteiger partial charge in [0.2, 0.25) is 11.8 Å². The number of amides is 2. The zero-order chi connectivity index (χ0) is 17.7. The van der Waals surface area contributed by atoms with Crippen LogP contribution in [0, 0.1) is 11.2 Å². The molecule has 0 bridgehead atoms. The maximum absolute atomic E-state index is 13.9. The standard InChI is InChI=1S/C18H24FN3O2/c1-4-9-20-16(23)18(2,3)17(24)22-12-10-21(11-13-22)15-8-6-5-7-14(15)19/h4-8H,1,9-13H2,2-3H3,(H,20,23). The van der Waals surface area contributed by atoms with E-state index in [9.17, 15) is 14.0 Å². The molecule has 1 aliphatic rings. The number of nitrogens with zero attached hydrogens (tertiary/aromatic N) is 2. The molecule has 0 spiro atoms. The number of carbonyl (C=O) groups is 2. The first-order chi connectivity index (χ1) is 11.4. The Bertz CT molecular complexity index is 622. The molecule has 1 aromatic carbocycles. The largest absolute Gasteiger partial charge is 0.366 e. The maximum Gasteiger partial charge on any atom is 0.237 e. The van der Waals surface area contributed by atoms with E-state index in [0.717, 1.165) is 0 Å². The SMILES string of the molecule is C=CCNC(=O)C(C)(C)C(=O)N1CCN(c2ccccc2F)CC1. The Balaban J connectivity index is 1.98. The first-order valence-corrected chi connectivity index (χ1v) is 8.06. The lowest BCUT2D eigenvalue weighted by atomic mass is 9.90. The first kappa shape index (κ1) is 18.0. The molecule has 2 rings (SSSR count). The lowest BCUT2D eigenvalue weighted by Crippen LogP contribution is -2.55. The predicted molar refractivity (Wildman–Crippen MR) is 92.2 cm³/mol. The van der Waals surface area contributed by atoms with Crippen LogP contribution in [0.2, 0.25) is 0 Å². The lowest BCUT2D eigenvalue weighted by molar-refractivity contribution is -0.148. The number of rotatable bonds is 5. The fourth-order valence-electron chi connectivity index (χ4n) is 2.74. The van der Waals surface area contributed by atoms with E-state index in [1.54, 1.807) is 43.0 Å². The number of anilines is 1. The van der Waals surface area contributed by atoms with Gasteiger partial charge in [-0.25, -0.2) is 4.39 Å². The monoisotopic (exact) mass is 333 g/mol. The van der Waals surface area contributed by atoms with Gasteiger partial charge in [0.1, 0.15) is 11.2 Å². The second kappa shape index (κ2) is 7.47. The van der Waals surface area contributed by atoms with Gasteiger partial charge in [-0.2, -0.15) is 0 Å². The van der Waals surface area contributed by atoms with Gasteiger partial charge >= 0.3 is 0 Å². The minimum absolute atomic E-state index is 0.211. The summed E-state index contributed by atoms with van der Waals surface area (Å²) in [5.74, 6) is -0.789. The van der Waals surface area contributed by atoms with E-state index in [4.69, 9.17) is 0 Å². The van der Waals surface area contributed by atoms with Crippen molar-refractivity contribution in [3.63, 3.8) is 0 Å². The Morgan fingerprint density at radius 3 is 2.46 bits per heavy atom. The topological polar surface area (TPSA) is 52.7 Å². The van der Waals surface area contributed by atoms with Crippen molar-refractivity contribution in [2.24, 2.45) is 5.41 Å². The number of carbonyl (C=O) groups excluding carboxylic acids is 2.